The van der Waals surface area contributed by atoms with Crippen molar-refractivity contribution in [3.63, 3.8) is 0 Å². The van der Waals surface area contributed by atoms with Gasteiger partial charge in [-0.2, -0.15) is 8.42 Å². The predicted octanol–water partition coefficient (Wildman–Crippen LogP) is 2.61. The van der Waals surface area contributed by atoms with Gasteiger partial charge in [-0.15, -0.1) is 0 Å². The van der Waals surface area contributed by atoms with Gasteiger partial charge in [0.25, 0.3) is 0 Å². The molecule has 1 aliphatic heterocycles. The molecule has 0 aliphatic carbocycles. The van der Waals surface area contributed by atoms with Crippen molar-refractivity contribution >= 4 is 16.4 Å². The second-order valence-electron chi connectivity index (χ2n) is 9.71. The zero-order valence-electron chi connectivity index (χ0n) is 23.6. The molecule has 0 aromatic heterocycles. The van der Waals surface area contributed by atoms with E-state index in [9.17, 15) is 28.5 Å². The van der Waals surface area contributed by atoms with Crippen LogP contribution in [0, 0.1) is 0 Å². The van der Waals surface area contributed by atoms with Crippen molar-refractivity contribution in [1.29, 1.82) is 0 Å². The number of unbranched alkanes of at least 4 members (excludes halogenated alkanes) is 7. The average molecular weight is 597 g/mol. The van der Waals surface area contributed by atoms with Crippen molar-refractivity contribution in [2.24, 2.45) is 0 Å². The first kappa shape index (κ1) is 36.6. The molecular weight excluding hydrogens is 548 g/mol. The van der Waals surface area contributed by atoms with Gasteiger partial charge in [-0.1, -0.05) is 63.3 Å². The highest BCUT2D eigenvalue weighted by Gasteiger charge is 2.47. The topological polar surface area (TPSA) is 178 Å². The molecule has 40 heavy (non-hydrogen) atoms. The minimum atomic E-state index is -5.03. The third-order valence-electron chi connectivity index (χ3n) is 6.11. The Balaban J connectivity index is 2.31. The van der Waals surface area contributed by atoms with Gasteiger partial charge in [-0.3, -0.25) is 9.35 Å². The molecule has 1 aliphatic rings. The van der Waals surface area contributed by atoms with Crippen LogP contribution in [-0.4, -0.2) is 97.5 Å². The SMILES string of the molecule is CCC/C=C\C/C=C\CCCCCCCCOCC(COC1OC(CO)C(O)C(OS(=O)(=O)O)C1O)OC(C)=O. The van der Waals surface area contributed by atoms with Crippen LogP contribution in [-0.2, 0) is 38.3 Å². The van der Waals surface area contributed by atoms with Crippen molar-refractivity contribution in [3.8, 4) is 0 Å². The van der Waals surface area contributed by atoms with Crippen molar-refractivity contribution in [3.05, 3.63) is 24.3 Å². The Kier molecular flexibility index (Phi) is 19.5. The highest BCUT2D eigenvalue weighted by molar-refractivity contribution is 7.80. The Morgan fingerprint density at radius 1 is 0.950 bits per heavy atom. The monoisotopic (exact) mass is 596 g/mol. The molecule has 0 saturated carbocycles. The molecule has 0 aromatic rings. The molecule has 0 radical (unpaired) electrons. The lowest BCUT2D eigenvalue weighted by Crippen LogP contribution is -2.60. The lowest BCUT2D eigenvalue weighted by Gasteiger charge is -2.41. The van der Waals surface area contributed by atoms with Crippen LogP contribution in [0.25, 0.3) is 0 Å². The number of carbonyl (C=O) groups is 1. The molecule has 4 N–H and O–H groups in total. The first-order valence-electron chi connectivity index (χ1n) is 14.0. The van der Waals surface area contributed by atoms with Crippen LogP contribution in [0.5, 0.6) is 0 Å². The summed E-state index contributed by atoms with van der Waals surface area (Å²) in [7, 11) is -5.03. The fourth-order valence-electron chi connectivity index (χ4n) is 4.06. The lowest BCUT2D eigenvalue weighted by atomic mass is 9.99. The highest BCUT2D eigenvalue weighted by Crippen LogP contribution is 2.25. The quantitative estimate of drug-likeness (QED) is 0.0622. The summed E-state index contributed by atoms with van der Waals surface area (Å²) in [6, 6.07) is 0. The molecule has 1 rings (SSSR count). The van der Waals surface area contributed by atoms with Gasteiger partial charge < -0.3 is 34.3 Å². The van der Waals surface area contributed by atoms with Crippen molar-refractivity contribution in [2.45, 2.75) is 115 Å². The second-order valence-corrected chi connectivity index (χ2v) is 10.8. The molecule has 0 spiro atoms. The zero-order chi connectivity index (χ0) is 29.8. The molecule has 234 valence electrons. The molecule has 1 saturated heterocycles. The predicted molar refractivity (Wildman–Crippen MR) is 147 cm³/mol. The van der Waals surface area contributed by atoms with Crippen LogP contribution in [0.2, 0.25) is 0 Å². The average Bonchev–Trinajstić information content (AvgIpc) is 2.89. The Hall–Kier alpha value is -1.42. The number of aliphatic hydroxyl groups excluding tert-OH is 3. The molecule has 0 amide bonds. The molecule has 6 atom stereocenters. The third-order valence-corrected chi connectivity index (χ3v) is 6.57. The van der Waals surface area contributed by atoms with E-state index in [-0.39, 0.29) is 13.2 Å². The van der Waals surface area contributed by atoms with Crippen molar-refractivity contribution < 1.29 is 56.2 Å². The van der Waals surface area contributed by atoms with Gasteiger partial charge in [-0.25, -0.2) is 4.18 Å². The van der Waals surface area contributed by atoms with E-state index in [4.69, 9.17) is 23.5 Å². The van der Waals surface area contributed by atoms with Gasteiger partial charge in [0.1, 0.15) is 30.5 Å². The maximum atomic E-state index is 11.5. The summed E-state index contributed by atoms with van der Waals surface area (Å²) in [6.07, 6.45) is 10.5. The standard InChI is InChI=1S/C27H48O12S/c1-3-4-5-6-7-8-9-10-11-12-13-14-15-16-17-35-19-22(37-21(2)29)20-36-27-25(31)26(39-40(32,33)34)24(30)23(18-28)38-27/h5-6,8-9,22-28,30-31H,3-4,7,10-20H2,1-2H3,(H,32,33,34)/b6-5-,9-8-. The molecular formula is C27H48O12S. The lowest BCUT2D eigenvalue weighted by molar-refractivity contribution is -0.301. The molecule has 12 nitrogen and oxygen atoms in total. The number of ether oxygens (including phenoxy) is 4. The van der Waals surface area contributed by atoms with E-state index in [2.05, 4.69) is 35.4 Å². The molecule has 13 heteroatoms. The fraction of sp³-hybridized carbons (Fsp3) is 0.815. The minimum Gasteiger partial charge on any atom is -0.458 e. The summed E-state index contributed by atoms with van der Waals surface area (Å²) in [6.45, 7) is 2.82. The van der Waals surface area contributed by atoms with E-state index in [1.54, 1.807) is 0 Å². The zero-order valence-corrected chi connectivity index (χ0v) is 24.5. The maximum Gasteiger partial charge on any atom is 0.397 e. The minimum absolute atomic E-state index is 0.0133. The summed E-state index contributed by atoms with van der Waals surface area (Å²) in [5.41, 5.74) is 0. The van der Waals surface area contributed by atoms with Crippen LogP contribution in [0.3, 0.4) is 0 Å². The molecule has 0 aromatic carbocycles. The second kappa shape index (κ2) is 21.3. The first-order valence-corrected chi connectivity index (χ1v) is 15.4. The normalized spacial score (nSPS) is 24.6. The van der Waals surface area contributed by atoms with E-state index < -0.39 is 59.8 Å². The summed E-state index contributed by atoms with van der Waals surface area (Å²) in [4.78, 5) is 11.5. The Morgan fingerprint density at radius 2 is 1.60 bits per heavy atom. The summed E-state index contributed by atoms with van der Waals surface area (Å²) >= 11 is 0. The molecule has 1 heterocycles. The smallest absolute Gasteiger partial charge is 0.397 e. The van der Waals surface area contributed by atoms with Gasteiger partial charge in [0.15, 0.2) is 6.29 Å². The van der Waals surface area contributed by atoms with Crippen LogP contribution in [0.1, 0.15) is 78.1 Å². The Bertz CT molecular complexity index is 831. The van der Waals surface area contributed by atoms with E-state index in [1.165, 1.54) is 26.2 Å². The Labute approximate surface area is 238 Å². The molecule has 6 unspecified atom stereocenters. The number of allylic oxidation sites excluding steroid dienone is 4. The fourth-order valence-corrected chi connectivity index (χ4v) is 4.57. The number of carbonyl (C=O) groups excluding carboxylic acids is 1. The van der Waals surface area contributed by atoms with Crippen molar-refractivity contribution in [2.75, 3.05) is 26.4 Å². The Morgan fingerprint density at radius 3 is 2.23 bits per heavy atom. The summed E-state index contributed by atoms with van der Waals surface area (Å²) < 4.78 is 57.0. The number of hydrogen-bond acceptors (Lipinski definition) is 11. The number of rotatable bonds is 22. The van der Waals surface area contributed by atoms with Crippen LogP contribution >= 0.6 is 0 Å². The van der Waals surface area contributed by atoms with Crippen LogP contribution < -0.4 is 0 Å². The number of esters is 1. The van der Waals surface area contributed by atoms with Gasteiger partial charge >= 0.3 is 16.4 Å². The van der Waals surface area contributed by atoms with Gasteiger partial charge in [-0.05, 0) is 32.1 Å². The maximum absolute atomic E-state index is 11.5. The third kappa shape index (κ3) is 16.7. The summed E-state index contributed by atoms with van der Waals surface area (Å²) in [5, 5.41) is 29.9. The van der Waals surface area contributed by atoms with Crippen LogP contribution in [0.4, 0.5) is 0 Å². The van der Waals surface area contributed by atoms with E-state index in [1.807, 2.05) is 0 Å². The molecule has 0 bridgehead atoms. The largest absolute Gasteiger partial charge is 0.458 e. The van der Waals surface area contributed by atoms with Crippen molar-refractivity contribution in [1.82, 2.24) is 0 Å². The van der Waals surface area contributed by atoms with Gasteiger partial charge in [0, 0.05) is 13.5 Å². The van der Waals surface area contributed by atoms with E-state index in [0.717, 1.165) is 44.9 Å². The number of aliphatic hydroxyl groups is 3. The molecule has 1 fully saturated rings. The number of hydrogen-bond donors (Lipinski definition) is 4. The van der Waals surface area contributed by atoms with Gasteiger partial charge in [0.2, 0.25) is 0 Å². The van der Waals surface area contributed by atoms with E-state index in [0.29, 0.717) is 6.61 Å². The first-order chi connectivity index (χ1) is 19.1. The highest BCUT2D eigenvalue weighted by atomic mass is 32.3. The van der Waals surface area contributed by atoms with E-state index >= 15 is 0 Å². The van der Waals surface area contributed by atoms with Crippen LogP contribution in [0.15, 0.2) is 24.3 Å². The summed E-state index contributed by atoms with van der Waals surface area (Å²) in [5.74, 6) is -0.582. The van der Waals surface area contributed by atoms with Gasteiger partial charge in [0.05, 0.1) is 19.8 Å².